The molecule has 0 fully saturated rings. The Bertz CT molecular complexity index is 723. The summed E-state index contributed by atoms with van der Waals surface area (Å²) < 4.78 is 7.83. The summed E-state index contributed by atoms with van der Waals surface area (Å²) in [6.07, 6.45) is 0. The van der Waals surface area contributed by atoms with Gasteiger partial charge in [0.2, 0.25) is 0 Å². The van der Waals surface area contributed by atoms with Crippen LogP contribution < -0.4 is 10.1 Å². The van der Waals surface area contributed by atoms with E-state index in [1.165, 1.54) is 11.1 Å². The van der Waals surface area contributed by atoms with Crippen LogP contribution >= 0.6 is 24.0 Å². The quantitative estimate of drug-likeness (QED) is 0.398. The predicted molar refractivity (Wildman–Crippen MR) is 115 cm³/mol. The van der Waals surface area contributed by atoms with Crippen LogP contribution in [0.1, 0.15) is 22.8 Å². The highest BCUT2D eigenvalue weighted by Crippen LogP contribution is 2.16. The maximum absolute atomic E-state index is 5.87. The molecule has 0 saturated heterocycles. The average Bonchev–Trinajstić information content (AvgIpc) is 2.86. The lowest BCUT2D eigenvalue weighted by Crippen LogP contribution is -2.40. The van der Waals surface area contributed by atoms with Crippen molar-refractivity contribution in [2.24, 2.45) is 12.0 Å². The number of hydrogen-bond acceptors (Lipinski definition) is 4. The first-order valence-electron chi connectivity index (χ1n) is 8.38. The van der Waals surface area contributed by atoms with E-state index < -0.39 is 0 Å². The molecule has 144 valence electrons. The zero-order valence-corrected chi connectivity index (χ0v) is 18.7. The van der Waals surface area contributed by atoms with E-state index in [0.29, 0.717) is 13.2 Å². The Hall–Kier alpha value is -1.84. The second-order valence-corrected chi connectivity index (χ2v) is 6.22. The van der Waals surface area contributed by atoms with Crippen molar-refractivity contribution in [3.8, 4) is 5.75 Å². The molecule has 0 radical (unpaired) electrons. The molecule has 26 heavy (non-hydrogen) atoms. The maximum Gasteiger partial charge on any atom is 0.193 e. The molecule has 0 unspecified atom stereocenters. The number of halogens is 1. The van der Waals surface area contributed by atoms with Crippen molar-refractivity contribution < 1.29 is 4.74 Å². The number of likely N-dealkylation sites (N-methyl/N-ethyl adjacent to an activating group) is 1. The smallest absolute Gasteiger partial charge is 0.193 e. The topological polar surface area (TPSA) is 67.6 Å². The van der Waals surface area contributed by atoms with Gasteiger partial charge in [-0.15, -0.1) is 34.2 Å². The van der Waals surface area contributed by atoms with Crippen LogP contribution in [0.3, 0.4) is 0 Å². The van der Waals surface area contributed by atoms with Crippen molar-refractivity contribution in [1.82, 2.24) is 25.0 Å². The zero-order valence-electron chi connectivity index (χ0n) is 16.4. The van der Waals surface area contributed by atoms with E-state index in [1.54, 1.807) is 7.05 Å². The van der Waals surface area contributed by atoms with Gasteiger partial charge in [-0.1, -0.05) is 6.07 Å². The van der Waals surface area contributed by atoms with Crippen LogP contribution in [0.2, 0.25) is 0 Å². The van der Waals surface area contributed by atoms with E-state index in [4.69, 9.17) is 4.74 Å². The van der Waals surface area contributed by atoms with Gasteiger partial charge in [0, 0.05) is 21.1 Å². The standard InChI is InChI=1S/C18H28N6O.HI/c1-13-9-14(2)11-16(10-13)25-8-7-23(5)18(19-4)20-12-17-22-21-15(3)24(17)6;/h9-11H,7-8,12H2,1-6H3,(H,19,20);1H. The van der Waals surface area contributed by atoms with Gasteiger partial charge in [-0.25, -0.2) is 0 Å². The third kappa shape index (κ3) is 6.15. The summed E-state index contributed by atoms with van der Waals surface area (Å²) >= 11 is 0. The number of hydrogen-bond donors (Lipinski definition) is 1. The van der Waals surface area contributed by atoms with Gasteiger partial charge in [-0.2, -0.15) is 0 Å². The van der Waals surface area contributed by atoms with Gasteiger partial charge < -0.3 is 19.5 Å². The van der Waals surface area contributed by atoms with E-state index in [1.807, 2.05) is 30.5 Å². The van der Waals surface area contributed by atoms with Crippen LogP contribution in [0, 0.1) is 20.8 Å². The minimum atomic E-state index is 0. The maximum atomic E-state index is 5.87. The highest BCUT2D eigenvalue weighted by molar-refractivity contribution is 14.0. The molecule has 0 saturated carbocycles. The van der Waals surface area contributed by atoms with E-state index in [2.05, 4.69) is 52.6 Å². The lowest BCUT2D eigenvalue weighted by atomic mass is 10.1. The lowest BCUT2D eigenvalue weighted by molar-refractivity contribution is 0.281. The second kappa shape index (κ2) is 10.3. The van der Waals surface area contributed by atoms with Gasteiger partial charge in [0.1, 0.15) is 18.2 Å². The SMILES string of the molecule is CN=C(NCc1nnc(C)n1C)N(C)CCOc1cc(C)cc(C)c1.I. The number of aryl methyl sites for hydroxylation is 3. The van der Waals surface area contributed by atoms with Crippen molar-refractivity contribution in [2.75, 3.05) is 27.2 Å². The zero-order chi connectivity index (χ0) is 18.4. The number of rotatable bonds is 6. The van der Waals surface area contributed by atoms with Crippen LogP contribution in [0.5, 0.6) is 5.75 Å². The molecule has 1 aromatic heterocycles. The summed E-state index contributed by atoms with van der Waals surface area (Å²) in [4.78, 5) is 6.35. The largest absolute Gasteiger partial charge is 0.492 e. The molecule has 1 N–H and O–H groups in total. The second-order valence-electron chi connectivity index (χ2n) is 6.22. The molecule has 0 spiro atoms. The lowest BCUT2D eigenvalue weighted by Gasteiger charge is -2.22. The fourth-order valence-electron chi connectivity index (χ4n) is 2.57. The Morgan fingerprint density at radius 1 is 1.19 bits per heavy atom. The van der Waals surface area contributed by atoms with Gasteiger partial charge >= 0.3 is 0 Å². The summed E-state index contributed by atoms with van der Waals surface area (Å²) in [7, 11) is 5.71. The number of guanidine groups is 1. The van der Waals surface area contributed by atoms with Crippen molar-refractivity contribution in [3.05, 3.63) is 41.0 Å². The van der Waals surface area contributed by atoms with E-state index in [9.17, 15) is 0 Å². The molecule has 0 bridgehead atoms. The molecule has 0 aliphatic carbocycles. The van der Waals surface area contributed by atoms with Crippen LogP contribution in [-0.2, 0) is 13.6 Å². The Morgan fingerprint density at radius 2 is 1.85 bits per heavy atom. The van der Waals surface area contributed by atoms with Gasteiger partial charge in [0.25, 0.3) is 0 Å². The van der Waals surface area contributed by atoms with E-state index >= 15 is 0 Å². The summed E-state index contributed by atoms with van der Waals surface area (Å²) in [5.74, 6) is 3.47. The van der Waals surface area contributed by atoms with Crippen LogP contribution in [0.15, 0.2) is 23.2 Å². The first-order chi connectivity index (χ1) is 11.9. The Labute approximate surface area is 172 Å². The third-order valence-corrected chi connectivity index (χ3v) is 4.05. The number of ether oxygens (including phenoxy) is 1. The predicted octanol–water partition coefficient (Wildman–Crippen LogP) is 2.44. The van der Waals surface area contributed by atoms with Crippen molar-refractivity contribution in [3.63, 3.8) is 0 Å². The number of benzene rings is 1. The summed E-state index contributed by atoms with van der Waals surface area (Å²) in [6, 6.07) is 6.24. The van der Waals surface area contributed by atoms with Crippen LogP contribution in [-0.4, -0.2) is 52.9 Å². The van der Waals surface area contributed by atoms with E-state index in [0.717, 1.165) is 29.9 Å². The third-order valence-electron chi connectivity index (χ3n) is 4.05. The molecule has 0 aliphatic heterocycles. The van der Waals surface area contributed by atoms with Crippen molar-refractivity contribution >= 4 is 29.9 Å². The number of aliphatic imine (C=N–C) groups is 1. The first kappa shape index (κ1) is 22.2. The van der Waals surface area contributed by atoms with E-state index in [-0.39, 0.29) is 24.0 Å². The van der Waals surface area contributed by atoms with Gasteiger partial charge in [-0.3, -0.25) is 4.99 Å². The summed E-state index contributed by atoms with van der Waals surface area (Å²) in [5, 5.41) is 11.5. The molecule has 2 rings (SSSR count). The molecule has 7 nitrogen and oxygen atoms in total. The molecule has 8 heteroatoms. The molecule has 0 aliphatic rings. The molecular weight excluding hydrogens is 443 g/mol. The summed E-state index contributed by atoms with van der Waals surface area (Å²) in [5.41, 5.74) is 2.42. The van der Waals surface area contributed by atoms with Gasteiger partial charge in [0.15, 0.2) is 11.8 Å². The Kier molecular flexibility index (Phi) is 8.83. The monoisotopic (exact) mass is 472 g/mol. The van der Waals surface area contributed by atoms with Crippen LogP contribution in [0.25, 0.3) is 0 Å². The summed E-state index contributed by atoms with van der Waals surface area (Å²) in [6.45, 7) is 7.97. The normalized spacial score (nSPS) is 11.1. The molecular formula is C18H29IN6O. The molecule has 0 atom stereocenters. The highest BCUT2D eigenvalue weighted by atomic mass is 127. The average molecular weight is 472 g/mol. The Balaban J connectivity index is 0.00000338. The molecule has 2 aromatic rings. The number of nitrogens with one attached hydrogen (secondary N) is 1. The minimum absolute atomic E-state index is 0. The molecule has 1 aromatic carbocycles. The van der Waals surface area contributed by atoms with Gasteiger partial charge in [-0.05, 0) is 44.0 Å². The Morgan fingerprint density at radius 3 is 2.38 bits per heavy atom. The number of nitrogens with zero attached hydrogens (tertiary/aromatic N) is 5. The van der Waals surface area contributed by atoms with Gasteiger partial charge in [0.05, 0.1) is 13.1 Å². The number of aromatic nitrogens is 3. The fraction of sp³-hybridized carbons (Fsp3) is 0.500. The minimum Gasteiger partial charge on any atom is -0.492 e. The first-order valence-corrected chi connectivity index (χ1v) is 8.38. The van der Waals surface area contributed by atoms with Crippen LogP contribution in [0.4, 0.5) is 0 Å². The fourth-order valence-corrected chi connectivity index (χ4v) is 2.57. The molecule has 0 amide bonds. The van der Waals surface area contributed by atoms with Crippen molar-refractivity contribution in [2.45, 2.75) is 27.3 Å². The molecule has 1 heterocycles. The highest BCUT2D eigenvalue weighted by Gasteiger charge is 2.09. The van der Waals surface area contributed by atoms with Crippen molar-refractivity contribution in [1.29, 1.82) is 0 Å².